The zero-order chi connectivity index (χ0) is 14.3. The van der Waals surface area contributed by atoms with E-state index in [1.165, 1.54) is 6.08 Å². The molecule has 0 aliphatic rings. The minimum Gasteiger partial charge on any atom is -0.460 e. The van der Waals surface area contributed by atoms with Gasteiger partial charge in [0.1, 0.15) is 6.61 Å². The van der Waals surface area contributed by atoms with Crippen LogP contribution in [0.1, 0.15) is 26.3 Å². The van der Waals surface area contributed by atoms with E-state index in [2.05, 4.69) is 0 Å². The zero-order valence-corrected chi connectivity index (χ0v) is 11.7. The highest BCUT2D eigenvalue weighted by atomic mass is 16.6. The van der Waals surface area contributed by atoms with Gasteiger partial charge >= 0.3 is 5.97 Å². The Labute approximate surface area is 114 Å². The zero-order valence-electron chi connectivity index (χ0n) is 11.7. The number of carbonyl (C=O) groups excluding carboxylic acids is 1. The predicted octanol–water partition coefficient (Wildman–Crippen LogP) is 2.64. The summed E-state index contributed by atoms with van der Waals surface area (Å²) in [5.41, 5.74) is 6.95. The SMILES string of the molecule is CC(C)(C)OCCOC(=O)/C=C/c1ccc(N)cc1. The Balaban J connectivity index is 2.29. The number of anilines is 1. The summed E-state index contributed by atoms with van der Waals surface area (Å²) < 4.78 is 10.4. The van der Waals surface area contributed by atoms with Crippen LogP contribution in [0.5, 0.6) is 0 Å². The summed E-state index contributed by atoms with van der Waals surface area (Å²) in [6.07, 6.45) is 3.08. The number of nitrogens with two attached hydrogens (primary N) is 1. The average molecular weight is 263 g/mol. The summed E-state index contributed by atoms with van der Waals surface area (Å²) in [5, 5.41) is 0. The fourth-order valence-electron chi connectivity index (χ4n) is 1.31. The van der Waals surface area contributed by atoms with E-state index in [0.717, 1.165) is 5.56 Å². The highest BCUT2D eigenvalue weighted by Crippen LogP contribution is 2.07. The van der Waals surface area contributed by atoms with E-state index in [9.17, 15) is 4.79 Å². The van der Waals surface area contributed by atoms with E-state index in [1.54, 1.807) is 18.2 Å². The van der Waals surface area contributed by atoms with Crippen molar-refractivity contribution in [3.05, 3.63) is 35.9 Å². The average Bonchev–Trinajstić information content (AvgIpc) is 2.33. The molecule has 0 aromatic heterocycles. The molecule has 1 rings (SSSR count). The van der Waals surface area contributed by atoms with Crippen LogP contribution in [-0.2, 0) is 14.3 Å². The second kappa shape index (κ2) is 6.95. The molecular formula is C15H21NO3. The number of benzene rings is 1. The predicted molar refractivity (Wildman–Crippen MR) is 76.6 cm³/mol. The first kappa shape index (κ1) is 15.2. The van der Waals surface area contributed by atoms with Gasteiger partial charge in [-0.3, -0.25) is 0 Å². The van der Waals surface area contributed by atoms with Gasteiger partial charge in [0.05, 0.1) is 12.2 Å². The summed E-state index contributed by atoms with van der Waals surface area (Å²) in [6, 6.07) is 7.23. The molecule has 1 aromatic rings. The maximum absolute atomic E-state index is 11.4. The first-order valence-electron chi connectivity index (χ1n) is 6.21. The van der Waals surface area contributed by atoms with Crippen molar-refractivity contribution in [3.63, 3.8) is 0 Å². The van der Waals surface area contributed by atoms with Crippen molar-refractivity contribution in [3.8, 4) is 0 Å². The van der Waals surface area contributed by atoms with Crippen molar-refractivity contribution in [1.29, 1.82) is 0 Å². The number of hydrogen-bond donors (Lipinski definition) is 1. The summed E-state index contributed by atoms with van der Waals surface area (Å²) in [4.78, 5) is 11.4. The van der Waals surface area contributed by atoms with Crippen molar-refractivity contribution in [2.75, 3.05) is 18.9 Å². The second-order valence-corrected chi connectivity index (χ2v) is 5.13. The maximum atomic E-state index is 11.4. The summed E-state index contributed by atoms with van der Waals surface area (Å²) >= 11 is 0. The van der Waals surface area contributed by atoms with Gasteiger partial charge in [-0.15, -0.1) is 0 Å². The number of nitrogen functional groups attached to an aromatic ring is 1. The monoisotopic (exact) mass is 263 g/mol. The number of carbonyl (C=O) groups is 1. The molecule has 0 atom stereocenters. The molecule has 0 bridgehead atoms. The molecule has 0 unspecified atom stereocenters. The van der Waals surface area contributed by atoms with Crippen LogP contribution < -0.4 is 5.73 Å². The van der Waals surface area contributed by atoms with Gasteiger partial charge in [-0.25, -0.2) is 4.79 Å². The lowest BCUT2D eigenvalue weighted by Gasteiger charge is -2.18. The number of rotatable bonds is 5. The van der Waals surface area contributed by atoms with Crippen molar-refractivity contribution in [2.45, 2.75) is 26.4 Å². The maximum Gasteiger partial charge on any atom is 0.330 e. The van der Waals surface area contributed by atoms with E-state index < -0.39 is 0 Å². The fourth-order valence-corrected chi connectivity index (χ4v) is 1.31. The molecule has 0 spiro atoms. The standard InChI is InChI=1S/C15H21NO3/c1-15(2,3)19-11-10-18-14(17)9-6-12-4-7-13(16)8-5-12/h4-9H,10-11,16H2,1-3H3/b9-6+. The topological polar surface area (TPSA) is 61.5 Å². The van der Waals surface area contributed by atoms with E-state index in [-0.39, 0.29) is 18.2 Å². The molecule has 104 valence electrons. The van der Waals surface area contributed by atoms with E-state index in [1.807, 2.05) is 32.9 Å². The van der Waals surface area contributed by atoms with Gasteiger partial charge in [-0.05, 0) is 44.5 Å². The minimum absolute atomic E-state index is 0.216. The number of hydrogen-bond acceptors (Lipinski definition) is 4. The third kappa shape index (κ3) is 7.26. The van der Waals surface area contributed by atoms with Crippen LogP contribution in [0, 0.1) is 0 Å². The lowest BCUT2D eigenvalue weighted by Crippen LogP contribution is -2.22. The van der Waals surface area contributed by atoms with Gasteiger partial charge in [0, 0.05) is 11.8 Å². The van der Waals surface area contributed by atoms with Gasteiger partial charge < -0.3 is 15.2 Å². The molecule has 0 amide bonds. The molecule has 0 saturated heterocycles. The van der Waals surface area contributed by atoms with E-state index >= 15 is 0 Å². The Morgan fingerprint density at radius 3 is 2.42 bits per heavy atom. The van der Waals surface area contributed by atoms with E-state index in [0.29, 0.717) is 12.3 Å². The van der Waals surface area contributed by atoms with Crippen LogP contribution in [0.4, 0.5) is 5.69 Å². The summed E-state index contributed by atoms with van der Waals surface area (Å²) in [7, 11) is 0. The molecule has 0 heterocycles. The molecular weight excluding hydrogens is 242 g/mol. The molecule has 0 saturated carbocycles. The first-order valence-corrected chi connectivity index (χ1v) is 6.21. The second-order valence-electron chi connectivity index (χ2n) is 5.13. The molecule has 0 fully saturated rings. The summed E-state index contributed by atoms with van der Waals surface area (Å²) in [6.45, 7) is 6.51. The van der Waals surface area contributed by atoms with Crippen LogP contribution in [0.15, 0.2) is 30.3 Å². The van der Waals surface area contributed by atoms with Gasteiger partial charge in [0.25, 0.3) is 0 Å². The fraction of sp³-hybridized carbons (Fsp3) is 0.400. The molecule has 4 nitrogen and oxygen atoms in total. The Kier molecular flexibility index (Phi) is 5.57. The van der Waals surface area contributed by atoms with Crippen LogP contribution >= 0.6 is 0 Å². The van der Waals surface area contributed by atoms with E-state index in [4.69, 9.17) is 15.2 Å². The van der Waals surface area contributed by atoms with Gasteiger partial charge in [0.2, 0.25) is 0 Å². The van der Waals surface area contributed by atoms with Crippen LogP contribution in [0.2, 0.25) is 0 Å². The smallest absolute Gasteiger partial charge is 0.330 e. The lowest BCUT2D eigenvalue weighted by atomic mass is 10.2. The highest BCUT2D eigenvalue weighted by Gasteiger charge is 2.09. The molecule has 0 radical (unpaired) electrons. The highest BCUT2D eigenvalue weighted by molar-refractivity contribution is 5.87. The third-order valence-electron chi connectivity index (χ3n) is 2.21. The van der Waals surface area contributed by atoms with Gasteiger partial charge in [0.15, 0.2) is 0 Å². The Bertz CT molecular complexity index is 430. The number of ether oxygens (including phenoxy) is 2. The lowest BCUT2D eigenvalue weighted by molar-refractivity contribution is -0.140. The quantitative estimate of drug-likeness (QED) is 0.384. The van der Waals surface area contributed by atoms with Crippen molar-refractivity contribution < 1.29 is 14.3 Å². The van der Waals surface area contributed by atoms with Gasteiger partial charge in [-0.2, -0.15) is 0 Å². The van der Waals surface area contributed by atoms with Crippen molar-refractivity contribution in [2.24, 2.45) is 0 Å². The molecule has 0 aliphatic carbocycles. The number of esters is 1. The van der Waals surface area contributed by atoms with Crippen LogP contribution in [-0.4, -0.2) is 24.8 Å². The first-order chi connectivity index (χ1) is 8.87. The minimum atomic E-state index is -0.380. The molecule has 4 heteroatoms. The van der Waals surface area contributed by atoms with Crippen LogP contribution in [0.3, 0.4) is 0 Å². The molecule has 2 N–H and O–H groups in total. The van der Waals surface area contributed by atoms with Crippen molar-refractivity contribution in [1.82, 2.24) is 0 Å². The van der Waals surface area contributed by atoms with Gasteiger partial charge in [-0.1, -0.05) is 12.1 Å². The Morgan fingerprint density at radius 2 is 1.84 bits per heavy atom. The van der Waals surface area contributed by atoms with Crippen molar-refractivity contribution >= 4 is 17.7 Å². The van der Waals surface area contributed by atoms with Crippen LogP contribution in [0.25, 0.3) is 6.08 Å². The molecule has 0 aliphatic heterocycles. The molecule has 1 aromatic carbocycles. The normalized spacial score (nSPS) is 11.7. The largest absolute Gasteiger partial charge is 0.460 e. The third-order valence-corrected chi connectivity index (χ3v) is 2.21. The summed E-state index contributed by atoms with van der Waals surface area (Å²) in [5.74, 6) is -0.380. The Hall–Kier alpha value is -1.81. The molecule has 19 heavy (non-hydrogen) atoms. The Morgan fingerprint density at radius 1 is 1.21 bits per heavy atom.